The molecule has 84 valence electrons. The van der Waals surface area contributed by atoms with Gasteiger partial charge in [0.05, 0.1) is 12.1 Å². The third-order valence-corrected chi connectivity index (χ3v) is 2.29. The number of hydrogen-bond acceptors (Lipinski definition) is 2. The van der Waals surface area contributed by atoms with E-state index in [1.807, 2.05) is 25.1 Å². The van der Waals surface area contributed by atoms with E-state index in [-0.39, 0.29) is 6.54 Å². The molecule has 0 unspecified atom stereocenters. The predicted molar refractivity (Wildman–Crippen MR) is 61.0 cm³/mol. The lowest BCUT2D eigenvalue weighted by atomic mass is 10.2. The molecule has 4 heteroatoms. The first-order valence-corrected chi connectivity index (χ1v) is 5.04. The SMILES string of the molecule is Cc1ccc2ccc(NCC(F)F)cc2n1. The average molecular weight is 222 g/mol. The van der Waals surface area contributed by atoms with Crippen LogP contribution < -0.4 is 5.32 Å². The van der Waals surface area contributed by atoms with Crippen LogP contribution in [0.1, 0.15) is 5.69 Å². The highest BCUT2D eigenvalue weighted by Crippen LogP contribution is 2.18. The third kappa shape index (κ3) is 2.45. The predicted octanol–water partition coefficient (Wildman–Crippen LogP) is 3.22. The Kier molecular flexibility index (Phi) is 2.99. The van der Waals surface area contributed by atoms with E-state index in [1.54, 1.807) is 12.1 Å². The molecule has 0 fully saturated rings. The zero-order valence-corrected chi connectivity index (χ0v) is 8.87. The topological polar surface area (TPSA) is 24.9 Å². The minimum Gasteiger partial charge on any atom is -0.379 e. The van der Waals surface area contributed by atoms with Gasteiger partial charge in [0.15, 0.2) is 0 Å². The van der Waals surface area contributed by atoms with Crippen LogP contribution in [0.3, 0.4) is 0 Å². The van der Waals surface area contributed by atoms with Crippen molar-refractivity contribution in [2.75, 3.05) is 11.9 Å². The lowest BCUT2D eigenvalue weighted by Crippen LogP contribution is -2.09. The van der Waals surface area contributed by atoms with Crippen LogP contribution in [0.5, 0.6) is 0 Å². The summed E-state index contributed by atoms with van der Waals surface area (Å²) in [5.74, 6) is 0. The Morgan fingerprint density at radius 1 is 1.25 bits per heavy atom. The molecule has 2 nitrogen and oxygen atoms in total. The maximum absolute atomic E-state index is 12.0. The first-order chi connectivity index (χ1) is 7.65. The molecule has 0 aliphatic rings. The van der Waals surface area contributed by atoms with Gasteiger partial charge in [-0.25, -0.2) is 8.78 Å². The largest absolute Gasteiger partial charge is 0.379 e. The van der Waals surface area contributed by atoms with E-state index < -0.39 is 6.43 Å². The van der Waals surface area contributed by atoms with Gasteiger partial charge >= 0.3 is 0 Å². The summed E-state index contributed by atoms with van der Waals surface area (Å²) in [5.41, 5.74) is 2.41. The Hall–Kier alpha value is -1.71. The zero-order valence-electron chi connectivity index (χ0n) is 8.87. The number of hydrogen-bond donors (Lipinski definition) is 1. The van der Waals surface area contributed by atoms with Crippen LogP contribution in [0.4, 0.5) is 14.5 Å². The Morgan fingerprint density at radius 3 is 2.75 bits per heavy atom. The highest BCUT2D eigenvalue weighted by molar-refractivity contribution is 5.82. The first kappa shape index (κ1) is 10.8. The van der Waals surface area contributed by atoms with Gasteiger partial charge in [-0.1, -0.05) is 12.1 Å². The van der Waals surface area contributed by atoms with Gasteiger partial charge in [-0.2, -0.15) is 0 Å². The van der Waals surface area contributed by atoms with Crippen molar-refractivity contribution in [1.82, 2.24) is 4.98 Å². The van der Waals surface area contributed by atoms with Gasteiger partial charge in [0, 0.05) is 16.8 Å². The molecule has 16 heavy (non-hydrogen) atoms. The van der Waals surface area contributed by atoms with Crippen molar-refractivity contribution in [2.24, 2.45) is 0 Å². The minimum atomic E-state index is -2.35. The molecule has 1 N–H and O–H groups in total. The van der Waals surface area contributed by atoms with E-state index in [0.29, 0.717) is 5.69 Å². The molecule has 0 amide bonds. The standard InChI is InChI=1S/C12H12F2N2/c1-8-2-3-9-4-5-10(6-11(9)16-8)15-7-12(13)14/h2-6,12,15H,7H2,1H3. The summed E-state index contributed by atoms with van der Waals surface area (Å²) in [7, 11) is 0. The molecule has 0 spiro atoms. The number of rotatable bonds is 3. The van der Waals surface area contributed by atoms with Gasteiger partial charge in [0.2, 0.25) is 0 Å². The number of aromatic nitrogens is 1. The Labute approximate surface area is 92.3 Å². The second-order valence-electron chi connectivity index (χ2n) is 3.63. The lowest BCUT2D eigenvalue weighted by Gasteiger charge is -2.06. The fourth-order valence-electron chi connectivity index (χ4n) is 1.52. The van der Waals surface area contributed by atoms with Crippen molar-refractivity contribution in [3.05, 3.63) is 36.0 Å². The lowest BCUT2D eigenvalue weighted by molar-refractivity contribution is 0.163. The van der Waals surface area contributed by atoms with Gasteiger partial charge in [-0.05, 0) is 25.1 Å². The average Bonchev–Trinajstić information content (AvgIpc) is 2.25. The minimum absolute atomic E-state index is 0.336. The van der Waals surface area contributed by atoms with Crippen molar-refractivity contribution in [2.45, 2.75) is 13.3 Å². The summed E-state index contributed by atoms with van der Waals surface area (Å²) in [5, 5.41) is 3.67. The quantitative estimate of drug-likeness (QED) is 0.862. The molecule has 0 saturated carbocycles. The van der Waals surface area contributed by atoms with Crippen LogP contribution in [0.2, 0.25) is 0 Å². The Balaban J connectivity index is 2.28. The molecule has 0 aliphatic carbocycles. The molecule has 1 aromatic carbocycles. The van der Waals surface area contributed by atoms with E-state index in [4.69, 9.17) is 0 Å². The van der Waals surface area contributed by atoms with Crippen LogP contribution in [0.15, 0.2) is 30.3 Å². The molecule has 2 rings (SSSR count). The van der Waals surface area contributed by atoms with Crippen molar-refractivity contribution < 1.29 is 8.78 Å². The smallest absolute Gasteiger partial charge is 0.255 e. The molecular weight excluding hydrogens is 210 g/mol. The second-order valence-corrected chi connectivity index (χ2v) is 3.63. The fraction of sp³-hybridized carbons (Fsp3) is 0.250. The van der Waals surface area contributed by atoms with E-state index >= 15 is 0 Å². The number of nitrogens with zero attached hydrogens (tertiary/aromatic N) is 1. The van der Waals surface area contributed by atoms with Crippen LogP contribution in [-0.4, -0.2) is 18.0 Å². The zero-order chi connectivity index (χ0) is 11.5. The molecule has 0 radical (unpaired) electrons. The van der Waals surface area contributed by atoms with Gasteiger partial charge < -0.3 is 5.32 Å². The van der Waals surface area contributed by atoms with Gasteiger partial charge in [-0.3, -0.25) is 4.98 Å². The summed E-state index contributed by atoms with van der Waals surface area (Å²) in [4.78, 5) is 4.34. The number of halogens is 2. The number of nitrogens with one attached hydrogen (secondary N) is 1. The molecule has 1 heterocycles. The number of alkyl halides is 2. The molecule has 0 bridgehead atoms. The van der Waals surface area contributed by atoms with Crippen LogP contribution >= 0.6 is 0 Å². The Morgan fingerprint density at radius 2 is 2.00 bits per heavy atom. The molecular formula is C12H12F2N2. The first-order valence-electron chi connectivity index (χ1n) is 5.04. The highest BCUT2D eigenvalue weighted by atomic mass is 19.3. The van der Waals surface area contributed by atoms with Crippen LogP contribution in [-0.2, 0) is 0 Å². The maximum atomic E-state index is 12.0. The number of benzene rings is 1. The van der Waals surface area contributed by atoms with Crippen LogP contribution in [0.25, 0.3) is 10.9 Å². The van der Waals surface area contributed by atoms with E-state index in [9.17, 15) is 8.78 Å². The maximum Gasteiger partial charge on any atom is 0.255 e. The fourth-order valence-corrected chi connectivity index (χ4v) is 1.52. The summed E-state index contributed by atoms with van der Waals surface area (Å²) < 4.78 is 24.0. The number of fused-ring (bicyclic) bond motifs is 1. The van der Waals surface area contributed by atoms with E-state index in [0.717, 1.165) is 16.6 Å². The summed E-state index contributed by atoms with van der Waals surface area (Å²) in [6.45, 7) is 1.57. The summed E-state index contributed by atoms with van der Waals surface area (Å²) in [6.07, 6.45) is -2.35. The van der Waals surface area contributed by atoms with E-state index in [1.165, 1.54) is 0 Å². The number of anilines is 1. The number of pyridine rings is 1. The monoisotopic (exact) mass is 222 g/mol. The normalized spacial score (nSPS) is 11.0. The highest BCUT2D eigenvalue weighted by Gasteiger charge is 2.02. The van der Waals surface area contributed by atoms with Gasteiger partial charge in [0.25, 0.3) is 6.43 Å². The van der Waals surface area contributed by atoms with Gasteiger partial charge in [0.1, 0.15) is 0 Å². The molecule has 2 aromatic rings. The third-order valence-electron chi connectivity index (χ3n) is 2.29. The molecule has 0 saturated heterocycles. The van der Waals surface area contributed by atoms with Crippen molar-refractivity contribution >= 4 is 16.6 Å². The summed E-state index contributed by atoms with van der Waals surface area (Å²) >= 11 is 0. The second kappa shape index (κ2) is 4.43. The number of aryl methyl sites for hydroxylation is 1. The molecule has 0 atom stereocenters. The van der Waals surface area contributed by atoms with Gasteiger partial charge in [-0.15, -0.1) is 0 Å². The van der Waals surface area contributed by atoms with Crippen molar-refractivity contribution in [3.63, 3.8) is 0 Å². The molecule has 1 aromatic heterocycles. The van der Waals surface area contributed by atoms with E-state index in [2.05, 4.69) is 10.3 Å². The van der Waals surface area contributed by atoms with Crippen molar-refractivity contribution in [1.29, 1.82) is 0 Å². The molecule has 0 aliphatic heterocycles. The van der Waals surface area contributed by atoms with Crippen molar-refractivity contribution in [3.8, 4) is 0 Å². The summed E-state index contributed by atoms with van der Waals surface area (Å²) in [6, 6.07) is 9.32. The Bertz CT molecular complexity index is 497. The van der Waals surface area contributed by atoms with Crippen LogP contribution in [0, 0.1) is 6.92 Å².